The zero-order valence-electron chi connectivity index (χ0n) is 16.2. The average molecular weight is 390 g/mol. The van der Waals surface area contributed by atoms with E-state index in [9.17, 15) is 9.59 Å². The molecule has 4 rings (SSSR count). The number of anilines is 2. The second-order valence-corrected chi connectivity index (χ2v) is 7.06. The van der Waals surface area contributed by atoms with E-state index in [2.05, 4.69) is 26.3 Å². The van der Waals surface area contributed by atoms with Crippen LogP contribution in [0.25, 0.3) is 11.0 Å². The Morgan fingerprint density at radius 2 is 1.86 bits per heavy atom. The van der Waals surface area contributed by atoms with Crippen molar-refractivity contribution >= 4 is 34.3 Å². The van der Waals surface area contributed by atoms with Gasteiger partial charge in [0.25, 0.3) is 5.91 Å². The van der Waals surface area contributed by atoms with E-state index in [1.807, 2.05) is 37.3 Å². The molecule has 29 heavy (non-hydrogen) atoms. The number of hydrogen-bond acceptors (Lipinski definition) is 6. The van der Waals surface area contributed by atoms with E-state index >= 15 is 0 Å². The Balaban J connectivity index is 1.35. The summed E-state index contributed by atoms with van der Waals surface area (Å²) in [6.45, 7) is 3.70. The molecule has 2 aromatic carbocycles. The summed E-state index contributed by atoms with van der Waals surface area (Å²) in [5.74, 6) is -1.08. The number of esters is 1. The van der Waals surface area contributed by atoms with Crippen LogP contribution in [0.2, 0.25) is 0 Å². The molecule has 7 heteroatoms. The van der Waals surface area contributed by atoms with Crippen molar-refractivity contribution in [3.05, 3.63) is 59.9 Å². The number of aromatic nitrogens is 2. The quantitative estimate of drug-likeness (QED) is 0.673. The Bertz CT molecular complexity index is 1060. The lowest BCUT2D eigenvalue weighted by molar-refractivity contribution is -0.119. The predicted molar refractivity (Wildman–Crippen MR) is 111 cm³/mol. The SMILES string of the molecule is Cc1cc(N2CCCC2)ccc1NC(=O)COC(=O)c1cnc2ccccc2n1. The van der Waals surface area contributed by atoms with Crippen molar-refractivity contribution in [3.63, 3.8) is 0 Å². The molecule has 0 bridgehead atoms. The van der Waals surface area contributed by atoms with E-state index in [1.165, 1.54) is 24.7 Å². The van der Waals surface area contributed by atoms with Gasteiger partial charge in [-0.3, -0.25) is 9.78 Å². The Morgan fingerprint density at radius 3 is 2.62 bits per heavy atom. The number of fused-ring (bicyclic) bond motifs is 1. The van der Waals surface area contributed by atoms with Crippen LogP contribution < -0.4 is 10.2 Å². The van der Waals surface area contributed by atoms with Crippen LogP contribution in [0.1, 0.15) is 28.9 Å². The maximum absolute atomic E-state index is 12.2. The monoisotopic (exact) mass is 390 g/mol. The van der Waals surface area contributed by atoms with Crippen molar-refractivity contribution in [2.24, 2.45) is 0 Å². The Hall–Kier alpha value is -3.48. The zero-order valence-corrected chi connectivity index (χ0v) is 16.2. The fourth-order valence-corrected chi connectivity index (χ4v) is 3.41. The minimum absolute atomic E-state index is 0.0719. The summed E-state index contributed by atoms with van der Waals surface area (Å²) < 4.78 is 5.09. The number of carbonyl (C=O) groups excluding carboxylic acids is 2. The van der Waals surface area contributed by atoms with Gasteiger partial charge in [-0.15, -0.1) is 0 Å². The van der Waals surface area contributed by atoms with E-state index in [0.29, 0.717) is 16.7 Å². The van der Waals surface area contributed by atoms with Crippen LogP contribution in [0, 0.1) is 6.92 Å². The molecule has 0 unspecified atom stereocenters. The van der Waals surface area contributed by atoms with Gasteiger partial charge in [0.05, 0.1) is 17.2 Å². The fourth-order valence-electron chi connectivity index (χ4n) is 3.41. The highest BCUT2D eigenvalue weighted by Gasteiger charge is 2.15. The second-order valence-electron chi connectivity index (χ2n) is 7.06. The van der Waals surface area contributed by atoms with Crippen molar-refractivity contribution in [1.29, 1.82) is 0 Å². The maximum Gasteiger partial charge on any atom is 0.359 e. The van der Waals surface area contributed by atoms with Gasteiger partial charge in [0.1, 0.15) is 0 Å². The van der Waals surface area contributed by atoms with Gasteiger partial charge < -0.3 is 15.0 Å². The summed E-state index contributed by atoms with van der Waals surface area (Å²) in [5, 5.41) is 2.79. The summed E-state index contributed by atoms with van der Waals surface area (Å²) in [6.07, 6.45) is 3.78. The van der Waals surface area contributed by atoms with Crippen LogP contribution >= 0.6 is 0 Å². The molecule has 0 spiro atoms. The van der Waals surface area contributed by atoms with E-state index in [-0.39, 0.29) is 12.3 Å². The van der Waals surface area contributed by atoms with Crippen LogP contribution in [-0.4, -0.2) is 41.5 Å². The molecule has 0 aliphatic carbocycles. The van der Waals surface area contributed by atoms with E-state index in [4.69, 9.17) is 4.74 Å². The molecule has 1 amide bonds. The molecule has 1 fully saturated rings. The minimum atomic E-state index is -0.681. The molecule has 0 radical (unpaired) electrons. The van der Waals surface area contributed by atoms with Gasteiger partial charge in [-0.1, -0.05) is 12.1 Å². The van der Waals surface area contributed by atoms with Crippen molar-refractivity contribution in [3.8, 4) is 0 Å². The molecule has 1 saturated heterocycles. The van der Waals surface area contributed by atoms with Crippen LogP contribution in [0.4, 0.5) is 11.4 Å². The molecule has 1 N–H and O–H groups in total. The first-order chi connectivity index (χ1) is 14.1. The first-order valence-corrected chi connectivity index (χ1v) is 9.64. The normalized spacial score (nSPS) is 13.5. The number of ether oxygens (including phenoxy) is 1. The van der Waals surface area contributed by atoms with Crippen LogP contribution in [-0.2, 0) is 9.53 Å². The first-order valence-electron chi connectivity index (χ1n) is 9.64. The molecule has 0 atom stereocenters. The average Bonchev–Trinajstić information content (AvgIpc) is 3.28. The van der Waals surface area contributed by atoms with Gasteiger partial charge in [0.2, 0.25) is 0 Å². The molecule has 0 saturated carbocycles. The molecule has 148 valence electrons. The zero-order chi connectivity index (χ0) is 20.2. The lowest BCUT2D eigenvalue weighted by atomic mass is 10.1. The first kappa shape index (κ1) is 18.9. The lowest BCUT2D eigenvalue weighted by Crippen LogP contribution is -2.22. The molecule has 7 nitrogen and oxygen atoms in total. The number of amides is 1. The highest BCUT2D eigenvalue weighted by atomic mass is 16.5. The summed E-state index contributed by atoms with van der Waals surface area (Å²) in [5.41, 5.74) is 4.20. The summed E-state index contributed by atoms with van der Waals surface area (Å²) >= 11 is 0. The van der Waals surface area contributed by atoms with Gasteiger partial charge >= 0.3 is 5.97 Å². The number of carbonyl (C=O) groups is 2. The number of hydrogen-bond donors (Lipinski definition) is 1. The standard InChI is InChI=1S/C22H22N4O3/c1-15-12-16(26-10-4-5-11-26)8-9-17(15)25-21(27)14-29-22(28)20-13-23-18-6-2-3-7-19(18)24-20/h2-3,6-9,12-13H,4-5,10-11,14H2,1H3,(H,25,27). The van der Waals surface area contributed by atoms with E-state index in [1.54, 1.807) is 6.07 Å². The van der Waals surface area contributed by atoms with Crippen LogP contribution in [0.5, 0.6) is 0 Å². The Kier molecular flexibility index (Phi) is 5.37. The second kappa shape index (κ2) is 8.26. The third-order valence-electron chi connectivity index (χ3n) is 4.95. The van der Waals surface area contributed by atoms with Crippen LogP contribution in [0.3, 0.4) is 0 Å². The van der Waals surface area contributed by atoms with E-state index < -0.39 is 11.9 Å². The molecular formula is C22H22N4O3. The number of benzene rings is 2. The topological polar surface area (TPSA) is 84.4 Å². The fraction of sp³-hybridized carbons (Fsp3) is 0.273. The minimum Gasteiger partial charge on any atom is -0.451 e. The van der Waals surface area contributed by atoms with Gasteiger partial charge in [0, 0.05) is 24.5 Å². The van der Waals surface area contributed by atoms with Crippen molar-refractivity contribution < 1.29 is 14.3 Å². The Morgan fingerprint density at radius 1 is 1.10 bits per heavy atom. The molecule has 1 aliphatic rings. The van der Waals surface area contributed by atoms with Gasteiger partial charge in [-0.2, -0.15) is 0 Å². The Labute approximate surface area is 168 Å². The third kappa shape index (κ3) is 4.34. The number of aryl methyl sites for hydroxylation is 1. The van der Waals surface area contributed by atoms with Gasteiger partial charge in [-0.25, -0.2) is 9.78 Å². The van der Waals surface area contributed by atoms with E-state index in [0.717, 1.165) is 18.7 Å². The lowest BCUT2D eigenvalue weighted by Gasteiger charge is -2.19. The molecule has 3 aromatic rings. The highest BCUT2D eigenvalue weighted by Crippen LogP contribution is 2.25. The van der Waals surface area contributed by atoms with Gasteiger partial charge in [0.15, 0.2) is 12.3 Å². The number of rotatable bonds is 5. The van der Waals surface area contributed by atoms with Gasteiger partial charge in [-0.05, 0) is 55.7 Å². The number of nitrogens with zero attached hydrogens (tertiary/aromatic N) is 3. The van der Waals surface area contributed by atoms with Crippen molar-refractivity contribution in [2.45, 2.75) is 19.8 Å². The summed E-state index contributed by atoms with van der Waals surface area (Å²) in [4.78, 5) is 35.2. The van der Waals surface area contributed by atoms with Crippen LogP contribution in [0.15, 0.2) is 48.7 Å². The summed E-state index contributed by atoms with van der Waals surface area (Å²) in [6, 6.07) is 13.2. The molecule has 1 aromatic heterocycles. The summed E-state index contributed by atoms with van der Waals surface area (Å²) in [7, 11) is 0. The maximum atomic E-state index is 12.2. The largest absolute Gasteiger partial charge is 0.451 e. The third-order valence-corrected chi connectivity index (χ3v) is 4.95. The van der Waals surface area contributed by atoms with Crippen molar-refractivity contribution in [1.82, 2.24) is 9.97 Å². The number of para-hydroxylation sites is 2. The molecular weight excluding hydrogens is 368 g/mol. The molecule has 2 heterocycles. The smallest absolute Gasteiger partial charge is 0.359 e. The highest BCUT2D eigenvalue weighted by molar-refractivity contribution is 5.96. The van der Waals surface area contributed by atoms with Crippen molar-refractivity contribution in [2.75, 3.05) is 29.9 Å². The predicted octanol–water partition coefficient (Wildman–Crippen LogP) is 3.33. The molecule has 1 aliphatic heterocycles. The number of nitrogens with one attached hydrogen (secondary N) is 1.